The Hall–Kier alpha value is -2.69. The standard InChI is InChI=1S/C15H23N3O8/c1-24-10-18-14(22)16(8-4-6-11(19)25-2)13(21)17(15(18)23)9-5-7-12(20)26-3/h4-10H2,1-3H3. The van der Waals surface area contributed by atoms with Crippen LogP contribution in [0, 0.1) is 0 Å². The monoisotopic (exact) mass is 373 g/mol. The van der Waals surface area contributed by atoms with Crippen molar-refractivity contribution in [2.24, 2.45) is 0 Å². The lowest BCUT2D eigenvalue weighted by molar-refractivity contribution is -0.141. The van der Waals surface area contributed by atoms with Crippen LogP contribution in [0.1, 0.15) is 25.7 Å². The number of hydrogen-bond acceptors (Lipinski definition) is 8. The van der Waals surface area contributed by atoms with Crippen LogP contribution in [0.5, 0.6) is 0 Å². The molecule has 0 atom stereocenters. The van der Waals surface area contributed by atoms with Gasteiger partial charge in [-0.25, -0.2) is 28.1 Å². The van der Waals surface area contributed by atoms with Gasteiger partial charge >= 0.3 is 29.0 Å². The predicted octanol–water partition coefficient (Wildman–Crippen LogP) is -1.32. The minimum absolute atomic E-state index is 0.0219. The Morgan fingerprint density at radius 2 is 1.12 bits per heavy atom. The van der Waals surface area contributed by atoms with Crippen LogP contribution >= 0.6 is 0 Å². The molecule has 0 saturated carbocycles. The number of esters is 2. The third-order valence-electron chi connectivity index (χ3n) is 3.62. The van der Waals surface area contributed by atoms with E-state index in [2.05, 4.69) is 9.47 Å². The van der Waals surface area contributed by atoms with Crippen LogP contribution in [-0.4, -0.2) is 47.0 Å². The summed E-state index contributed by atoms with van der Waals surface area (Å²) in [5, 5.41) is 0. The Morgan fingerprint density at radius 1 is 0.731 bits per heavy atom. The van der Waals surface area contributed by atoms with E-state index in [0.717, 1.165) is 13.7 Å². The van der Waals surface area contributed by atoms with E-state index >= 15 is 0 Å². The predicted molar refractivity (Wildman–Crippen MR) is 88.7 cm³/mol. The normalized spacial score (nSPS) is 10.6. The van der Waals surface area contributed by atoms with E-state index in [1.165, 1.54) is 21.3 Å². The van der Waals surface area contributed by atoms with Crippen molar-refractivity contribution in [3.8, 4) is 0 Å². The van der Waals surface area contributed by atoms with Gasteiger partial charge in [0.2, 0.25) is 0 Å². The second kappa shape index (κ2) is 10.3. The molecule has 11 nitrogen and oxygen atoms in total. The average molecular weight is 373 g/mol. The van der Waals surface area contributed by atoms with Gasteiger partial charge in [0.1, 0.15) is 6.73 Å². The van der Waals surface area contributed by atoms with Crippen molar-refractivity contribution in [2.45, 2.75) is 45.5 Å². The van der Waals surface area contributed by atoms with Gasteiger partial charge in [0.05, 0.1) is 14.2 Å². The maximum atomic E-state index is 12.5. The lowest BCUT2D eigenvalue weighted by Gasteiger charge is -2.13. The van der Waals surface area contributed by atoms with Crippen molar-refractivity contribution >= 4 is 11.9 Å². The molecule has 0 radical (unpaired) electrons. The Balaban J connectivity index is 3.17. The summed E-state index contributed by atoms with van der Waals surface area (Å²) in [5.74, 6) is -0.941. The zero-order valence-corrected chi connectivity index (χ0v) is 15.1. The van der Waals surface area contributed by atoms with Crippen LogP contribution < -0.4 is 17.1 Å². The van der Waals surface area contributed by atoms with E-state index in [0.29, 0.717) is 0 Å². The zero-order valence-electron chi connectivity index (χ0n) is 15.1. The van der Waals surface area contributed by atoms with Gasteiger partial charge in [-0.15, -0.1) is 0 Å². The first kappa shape index (κ1) is 21.4. The highest BCUT2D eigenvalue weighted by atomic mass is 16.5. The molecular weight excluding hydrogens is 350 g/mol. The second-order valence-corrected chi connectivity index (χ2v) is 5.36. The number of ether oxygens (including phenoxy) is 3. The Kier molecular flexibility index (Phi) is 8.49. The number of aromatic nitrogens is 3. The number of carbonyl (C=O) groups is 2. The smallest absolute Gasteiger partial charge is 0.338 e. The first-order valence-electron chi connectivity index (χ1n) is 7.94. The summed E-state index contributed by atoms with van der Waals surface area (Å²) < 4.78 is 16.4. The fourth-order valence-corrected chi connectivity index (χ4v) is 2.27. The summed E-state index contributed by atoms with van der Waals surface area (Å²) in [6.45, 7) is -0.451. The summed E-state index contributed by atoms with van der Waals surface area (Å²) in [6.07, 6.45) is 0.423. The topological polar surface area (TPSA) is 128 Å². The molecule has 0 amide bonds. The molecule has 1 aromatic rings. The van der Waals surface area contributed by atoms with Gasteiger partial charge in [-0.05, 0) is 12.8 Å². The number of carbonyl (C=O) groups excluding carboxylic acids is 2. The van der Waals surface area contributed by atoms with Crippen molar-refractivity contribution < 1.29 is 23.8 Å². The number of methoxy groups -OCH3 is 3. The van der Waals surface area contributed by atoms with Crippen LogP contribution in [0.15, 0.2) is 14.4 Å². The van der Waals surface area contributed by atoms with Crippen LogP contribution in [0.3, 0.4) is 0 Å². The van der Waals surface area contributed by atoms with E-state index in [1.807, 2.05) is 0 Å². The van der Waals surface area contributed by atoms with Crippen LogP contribution in [0.2, 0.25) is 0 Å². The third-order valence-corrected chi connectivity index (χ3v) is 3.62. The van der Waals surface area contributed by atoms with E-state index < -0.39 is 29.0 Å². The molecular formula is C15H23N3O8. The number of nitrogens with zero attached hydrogens (tertiary/aromatic N) is 3. The number of rotatable bonds is 10. The molecule has 0 aliphatic carbocycles. The van der Waals surface area contributed by atoms with Gasteiger partial charge < -0.3 is 14.2 Å². The quantitative estimate of drug-likeness (QED) is 0.462. The van der Waals surface area contributed by atoms with Crippen LogP contribution in [-0.2, 0) is 43.6 Å². The van der Waals surface area contributed by atoms with E-state index in [4.69, 9.17) is 4.74 Å². The van der Waals surface area contributed by atoms with Crippen molar-refractivity contribution in [2.75, 3.05) is 21.3 Å². The Morgan fingerprint density at radius 3 is 1.46 bits per heavy atom. The molecule has 0 aliphatic rings. The highest BCUT2D eigenvalue weighted by molar-refractivity contribution is 5.69. The van der Waals surface area contributed by atoms with Gasteiger partial charge in [-0.1, -0.05) is 0 Å². The van der Waals surface area contributed by atoms with Crippen molar-refractivity contribution in [3.05, 3.63) is 31.5 Å². The maximum Gasteiger partial charge on any atom is 0.338 e. The lowest BCUT2D eigenvalue weighted by atomic mass is 10.3. The lowest BCUT2D eigenvalue weighted by Crippen LogP contribution is -2.54. The molecule has 0 unspecified atom stereocenters. The SMILES string of the molecule is COCn1c(=O)n(CCCC(=O)OC)c(=O)n(CCCC(=O)OC)c1=O. The molecule has 1 rings (SSSR count). The van der Waals surface area contributed by atoms with E-state index in [9.17, 15) is 24.0 Å². The minimum atomic E-state index is -0.823. The molecule has 0 N–H and O–H groups in total. The highest BCUT2D eigenvalue weighted by Crippen LogP contribution is 1.95. The molecule has 0 bridgehead atoms. The molecule has 0 aromatic carbocycles. The van der Waals surface area contributed by atoms with Gasteiger partial charge in [0, 0.05) is 33.0 Å². The number of hydrogen-bond donors (Lipinski definition) is 0. The van der Waals surface area contributed by atoms with Gasteiger partial charge in [-0.3, -0.25) is 9.59 Å². The average Bonchev–Trinajstić information content (AvgIpc) is 2.63. The molecule has 0 aliphatic heterocycles. The third kappa shape index (κ3) is 5.41. The Labute approximate surface area is 148 Å². The summed E-state index contributed by atoms with van der Waals surface area (Å²) >= 11 is 0. The van der Waals surface area contributed by atoms with Gasteiger partial charge in [0.15, 0.2) is 0 Å². The van der Waals surface area contributed by atoms with Gasteiger partial charge in [-0.2, -0.15) is 0 Å². The Bertz CT molecular complexity index is 744. The molecule has 0 saturated heterocycles. The van der Waals surface area contributed by atoms with Crippen LogP contribution in [0.25, 0.3) is 0 Å². The van der Waals surface area contributed by atoms with Crippen molar-refractivity contribution in [1.82, 2.24) is 13.7 Å². The largest absolute Gasteiger partial charge is 0.469 e. The fourth-order valence-electron chi connectivity index (χ4n) is 2.27. The van der Waals surface area contributed by atoms with Crippen molar-refractivity contribution in [3.63, 3.8) is 0 Å². The molecule has 0 fully saturated rings. The minimum Gasteiger partial charge on any atom is -0.469 e. The highest BCUT2D eigenvalue weighted by Gasteiger charge is 2.16. The molecule has 1 heterocycles. The van der Waals surface area contributed by atoms with Crippen LogP contribution in [0.4, 0.5) is 0 Å². The molecule has 146 valence electrons. The van der Waals surface area contributed by atoms with Crippen molar-refractivity contribution in [1.29, 1.82) is 0 Å². The zero-order chi connectivity index (χ0) is 19.7. The molecule has 1 aromatic heterocycles. The first-order chi connectivity index (χ1) is 12.4. The van der Waals surface area contributed by atoms with E-state index in [1.54, 1.807) is 0 Å². The molecule has 26 heavy (non-hydrogen) atoms. The van der Waals surface area contributed by atoms with E-state index in [-0.39, 0.29) is 45.5 Å². The summed E-state index contributed by atoms with van der Waals surface area (Å²) in [6, 6.07) is 0. The fraction of sp³-hybridized carbons (Fsp3) is 0.667. The second-order valence-electron chi connectivity index (χ2n) is 5.36. The van der Waals surface area contributed by atoms with Gasteiger partial charge in [0.25, 0.3) is 0 Å². The first-order valence-corrected chi connectivity index (χ1v) is 7.94. The maximum absolute atomic E-state index is 12.5. The summed E-state index contributed by atoms with van der Waals surface area (Å²) in [4.78, 5) is 59.6. The molecule has 0 spiro atoms. The molecule has 11 heteroatoms. The summed E-state index contributed by atoms with van der Waals surface area (Å²) in [7, 11) is 3.78. The summed E-state index contributed by atoms with van der Waals surface area (Å²) in [5.41, 5.74) is -2.45.